The number of rotatable bonds is 4. The van der Waals surface area contributed by atoms with Crippen LogP contribution in [-0.4, -0.2) is 5.91 Å². The van der Waals surface area contributed by atoms with Crippen molar-refractivity contribution < 1.29 is 4.79 Å². The highest BCUT2D eigenvalue weighted by Crippen LogP contribution is 2.31. The lowest BCUT2D eigenvalue weighted by atomic mass is 10.1. The lowest BCUT2D eigenvalue weighted by Gasteiger charge is -2.08. The molecule has 0 saturated carbocycles. The Labute approximate surface area is 135 Å². The zero-order valence-corrected chi connectivity index (χ0v) is 13.6. The largest absolute Gasteiger partial charge is 0.290 e. The van der Waals surface area contributed by atoms with Crippen molar-refractivity contribution in [1.82, 2.24) is 5.43 Å². The number of nitrogens with two attached hydrogens (primary N) is 1. The Hall–Kier alpha value is -1.01. The van der Waals surface area contributed by atoms with E-state index >= 15 is 0 Å². The highest BCUT2D eigenvalue weighted by atomic mass is 79.9. The van der Waals surface area contributed by atoms with Gasteiger partial charge in [-0.25, -0.2) is 5.84 Å². The third-order valence-electron chi connectivity index (χ3n) is 2.67. The highest BCUT2D eigenvalue weighted by molar-refractivity contribution is 9.10. The van der Waals surface area contributed by atoms with E-state index in [9.17, 15) is 4.79 Å². The molecule has 0 aliphatic heterocycles. The Balaban J connectivity index is 2.11. The second-order valence-corrected chi connectivity index (χ2v) is 6.28. The Morgan fingerprint density at radius 1 is 1.30 bits per heavy atom. The molecule has 2 rings (SSSR count). The van der Waals surface area contributed by atoms with E-state index in [-0.39, 0.29) is 5.91 Å². The molecule has 0 spiro atoms. The van der Waals surface area contributed by atoms with E-state index in [1.807, 2.05) is 30.3 Å². The lowest BCUT2D eigenvalue weighted by Crippen LogP contribution is -2.29. The van der Waals surface area contributed by atoms with Crippen molar-refractivity contribution in [3.8, 4) is 0 Å². The molecule has 0 heterocycles. The molecule has 0 atom stereocenters. The van der Waals surface area contributed by atoms with Crippen LogP contribution in [-0.2, 0) is 5.75 Å². The fraction of sp³-hybridized carbons (Fsp3) is 0.0714. The maximum absolute atomic E-state index is 11.4. The molecule has 0 aliphatic carbocycles. The molecule has 0 aromatic heterocycles. The van der Waals surface area contributed by atoms with Crippen LogP contribution in [0.2, 0.25) is 5.02 Å². The average molecular weight is 372 g/mol. The summed E-state index contributed by atoms with van der Waals surface area (Å²) in [5.74, 6) is 5.56. The monoisotopic (exact) mass is 370 g/mol. The van der Waals surface area contributed by atoms with Gasteiger partial charge in [-0.05, 0) is 29.8 Å². The molecular weight excluding hydrogens is 360 g/mol. The fourth-order valence-corrected chi connectivity index (χ4v) is 3.55. The molecule has 3 N–H and O–H groups in total. The molecule has 20 heavy (non-hydrogen) atoms. The van der Waals surface area contributed by atoms with Gasteiger partial charge in [0.15, 0.2) is 0 Å². The van der Waals surface area contributed by atoms with Crippen molar-refractivity contribution in [1.29, 1.82) is 0 Å². The first-order valence-electron chi connectivity index (χ1n) is 5.78. The molecule has 0 aliphatic rings. The standard InChI is InChI=1S/C14H12BrClN2OS/c15-11-7-9(14(19)18-17)5-6-10(11)8-20-13-4-2-1-3-12(13)16/h1-7H,8,17H2,(H,18,19). The van der Waals surface area contributed by atoms with Crippen molar-refractivity contribution >= 4 is 45.2 Å². The first-order chi connectivity index (χ1) is 9.61. The minimum atomic E-state index is -0.309. The Bertz CT molecular complexity index is 636. The second kappa shape index (κ2) is 7.13. The average Bonchev–Trinajstić information content (AvgIpc) is 2.46. The van der Waals surface area contributed by atoms with Crippen molar-refractivity contribution in [3.63, 3.8) is 0 Å². The number of amides is 1. The minimum absolute atomic E-state index is 0.309. The van der Waals surface area contributed by atoms with Crippen LogP contribution < -0.4 is 11.3 Å². The maximum Gasteiger partial charge on any atom is 0.265 e. The van der Waals surface area contributed by atoms with Crippen LogP contribution in [0.1, 0.15) is 15.9 Å². The van der Waals surface area contributed by atoms with Crippen LogP contribution in [0.25, 0.3) is 0 Å². The normalized spacial score (nSPS) is 10.3. The minimum Gasteiger partial charge on any atom is -0.290 e. The van der Waals surface area contributed by atoms with Crippen LogP contribution in [0.15, 0.2) is 51.8 Å². The number of carbonyl (C=O) groups is 1. The van der Waals surface area contributed by atoms with E-state index in [1.165, 1.54) is 0 Å². The van der Waals surface area contributed by atoms with E-state index < -0.39 is 0 Å². The van der Waals surface area contributed by atoms with Gasteiger partial charge in [-0.2, -0.15) is 0 Å². The number of hydrazine groups is 1. The van der Waals surface area contributed by atoms with Crippen molar-refractivity contribution in [3.05, 3.63) is 63.1 Å². The molecule has 2 aromatic rings. The quantitative estimate of drug-likeness (QED) is 0.370. The molecule has 0 radical (unpaired) electrons. The zero-order valence-electron chi connectivity index (χ0n) is 10.4. The van der Waals surface area contributed by atoms with Crippen LogP contribution in [0.3, 0.4) is 0 Å². The van der Waals surface area contributed by atoms with Crippen molar-refractivity contribution in [2.45, 2.75) is 10.6 Å². The van der Waals surface area contributed by atoms with Gasteiger partial charge in [0.2, 0.25) is 0 Å². The molecule has 0 bridgehead atoms. The molecule has 0 saturated heterocycles. The molecule has 1 amide bonds. The van der Waals surface area contributed by atoms with E-state index in [1.54, 1.807) is 23.9 Å². The number of hydrogen-bond donors (Lipinski definition) is 2. The van der Waals surface area contributed by atoms with Crippen LogP contribution in [0, 0.1) is 0 Å². The summed E-state index contributed by atoms with van der Waals surface area (Å²) in [6.45, 7) is 0. The van der Waals surface area contributed by atoms with Gasteiger partial charge in [-0.3, -0.25) is 10.2 Å². The smallest absolute Gasteiger partial charge is 0.265 e. The van der Waals surface area contributed by atoms with Gasteiger partial charge >= 0.3 is 0 Å². The number of carbonyl (C=O) groups excluding carboxylic acids is 1. The number of benzene rings is 2. The van der Waals surface area contributed by atoms with Gasteiger partial charge in [0.25, 0.3) is 5.91 Å². The molecule has 2 aromatic carbocycles. The van der Waals surface area contributed by atoms with Crippen molar-refractivity contribution in [2.24, 2.45) is 5.84 Å². The first-order valence-corrected chi connectivity index (χ1v) is 7.94. The molecule has 0 unspecified atom stereocenters. The highest BCUT2D eigenvalue weighted by Gasteiger charge is 2.08. The van der Waals surface area contributed by atoms with Gasteiger partial charge in [0, 0.05) is 20.7 Å². The summed E-state index contributed by atoms with van der Waals surface area (Å²) in [6.07, 6.45) is 0. The first kappa shape index (κ1) is 15.4. The summed E-state index contributed by atoms with van der Waals surface area (Å²) in [5.41, 5.74) is 3.72. The third kappa shape index (κ3) is 3.76. The molecule has 3 nitrogen and oxygen atoms in total. The number of halogens is 2. The summed E-state index contributed by atoms with van der Waals surface area (Å²) in [6, 6.07) is 13.1. The Kier molecular flexibility index (Phi) is 5.48. The topological polar surface area (TPSA) is 55.1 Å². The SMILES string of the molecule is NNC(=O)c1ccc(CSc2ccccc2Cl)c(Br)c1. The number of hydrogen-bond acceptors (Lipinski definition) is 3. The summed E-state index contributed by atoms with van der Waals surface area (Å²) in [7, 11) is 0. The summed E-state index contributed by atoms with van der Waals surface area (Å²) >= 11 is 11.2. The number of nitrogen functional groups attached to an aromatic ring is 1. The third-order valence-corrected chi connectivity index (χ3v) is 4.97. The van der Waals surface area contributed by atoms with E-state index in [4.69, 9.17) is 17.4 Å². The van der Waals surface area contributed by atoms with Gasteiger partial charge in [-0.1, -0.05) is 45.7 Å². The van der Waals surface area contributed by atoms with Gasteiger partial charge < -0.3 is 0 Å². The lowest BCUT2D eigenvalue weighted by molar-refractivity contribution is 0.0953. The molecule has 0 fully saturated rings. The predicted molar refractivity (Wildman–Crippen MR) is 86.8 cm³/mol. The molecule has 104 valence electrons. The fourth-order valence-electron chi connectivity index (χ4n) is 1.61. The maximum atomic E-state index is 11.4. The Morgan fingerprint density at radius 3 is 2.70 bits per heavy atom. The second-order valence-electron chi connectivity index (χ2n) is 4.00. The van der Waals surface area contributed by atoms with Crippen LogP contribution in [0.4, 0.5) is 0 Å². The van der Waals surface area contributed by atoms with Crippen molar-refractivity contribution in [2.75, 3.05) is 0 Å². The molecular formula is C14H12BrClN2OS. The van der Waals surface area contributed by atoms with Gasteiger partial charge in [-0.15, -0.1) is 11.8 Å². The summed E-state index contributed by atoms with van der Waals surface area (Å²) in [5, 5.41) is 0.743. The Morgan fingerprint density at radius 2 is 2.05 bits per heavy atom. The van der Waals surface area contributed by atoms with Gasteiger partial charge in [0.05, 0.1) is 5.02 Å². The van der Waals surface area contributed by atoms with E-state index in [0.717, 1.165) is 25.7 Å². The van der Waals surface area contributed by atoms with Crippen LogP contribution in [0.5, 0.6) is 0 Å². The molecule has 6 heteroatoms. The predicted octanol–water partition coefficient (Wildman–Crippen LogP) is 4.00. The van der Waals surface area contributed by atoms with Crippen LogP contribution >= 0.6 is 39.3 Å². The van der Waals surface area contributed by atoms with E-state index in [0.29, 0.717) is 5.56 Å². The number of nitrogens with one attached hydrogen (secondary N) is 1. The zero-order chi connectivity index (χ0) is 14.5. The number of thioether (sulfide) groups is 1. The summed E-state index contributed by atoms with van der Waals surface area (Å²) < 4.78 is 0.873. The summed E-state index contributed by atoms with van der Waals surface area (Å²) in [4.78, 5) is 12.5. The van der Waals surface area contributed by atoms with Gasteiger partial charge in [0.1, 0.15) is 0 Å². The van der Waals surface area contributed by atoms with E-state index in [2.05, 4.69) is 21.4 Å².